The van der Waals surface area contributed by atoms with Gasteiger partial charge < -0.3 is 5.32 Å². The SMILES string of the molecule is NN(C(=O)c1ccccc1)c1cccc(Nc2ccccc2)n1. The van der Waals surface area contributed by atoms with Gasteiger partial charge in [-0.25, -0.2) is 15.8 Å². The molecule has 3 rings (SSSR count). The average Bonchev–Trinajstić information content (AvgIpc) is 2.62. The van der Waals surface area contributed by atoms with Crippen LogP contribution < -0.4 is 16.2 Å². The number of hydrogen-bond donors (Lipinski definition) is 2. The second-order valence-electron chi connectivity index (χ2n) is 4.91. The molecule has 1 aromatic heterocycles. The lowest BCUT2D eigenvalue weighted by Crippen LogP contribution is -2.38. The van der Waals surface area contributed by atoms with Crippen LogP contribution in [0, 0.1) is 0 Å². The first kappa shape index (κ1) is 14.7. The summed E-state index contributed by atoms with van der Waals surface area (Å²) in [6.07, 6.45) is 0. The normalized spacial score (nSPS) is 10.1. The summed E-state index contributed by atoms with van der Waals surface area (Å²) >= 11 is 0. The van der Waals surface area contributed by atoms with Gasteiger partial charge in [-0.3, -0.25) is 4.79 Å². The van der Waals surface area contributed by atoms with Crippen LogP contribution in [0.15, 0.2) is 78.9 Å². The van der Waals surface area contributed by atoms with Crippen LogP contribution in [0.2, 0.25) is 0 Å². The molecule has 2 aromatic carbocycles. The Hall–Kier alpha value is -3.18. The number of rotatable bonds is 4. The summed E-state index contributed by atoms with van der Waals surface area (Å²) in [6.45, 7) is 0. The standard InChI is InChI=1S/C18H16N4O/c19-22(18(23)14-8-3-1-4-9-14)17-13-7-12-16(21-17)20-15-10-5-2-6-11-15/h1-13H,19H2,(H,20,21). The topological polar surface area (TPSA) is 71.2 Å². The maximum Gasteiger partial charge on any atom is 0.273 e. The molecule has 3 aromatic rings. The van der Waals surface area contributed by atoms with Crippen molar-refractivity contribution in [1.82, 2.24) is 4.98 Å². The van der Waals surface area contributed by atoms with Crippen molar-refractivity contribution in [3.63, 3.8) is 0 Å². The number of hydrogen-bond acceptors (Lipinski definition) is 4. The molecule has 0 fully saturated rings. The Bertz CT molecular complexity index is 790. The molecular weight excluding hydrogens is 288 g/mol. The van der Waals surface area contributed by atoms with Crippen molar-refractivity contribution in [3.05, 3.63) is 84.4 Å². The molecule has 0 aliphatic carbocycles. The summed E-state index contributed by atoms with van der Waals surface area (Å²) in [5.74, 6) is 6.61. The Kier molecular flexibility index (Phi) is 4.31. The van der Waals surface area contributed by atoms with E-state index < -0.39 is 0 Å². The Morgan fingerprint density at radius 3 is 2.22 bits per heavy atom. The second kappa shape index (κ2) is 6.72. The maximum absolute atomic E-state index is 12.4. The molecule has 114 valence electrons. The molecule has 0 saturated heterocycles. The molecule has 0 atom stereocenters. The zero-order valence-corrected chi connectivity index (χ0v) is 12.4. The number of carbonyl (C=O) groups is 1. The highest BCUT2D eigenvalue weighted by Crippen LogP contribution is 2.18. The average molecular weight is 304 g/mol. The number of para-hydroxylation sites is 1. The number of aromatic nitrogens is 1. The summed E-state index contributed by atoms with van der Waals surface area (Å²) in [5.41, 5.74) is 1.42. The van der Waals surface area contributed by atoms with E-state index in [9.17, 15) is 4.79 Å². The van der Waals surface area contributed by atoms with Gasteiger partial charge in [-0.15, -0.1) is 0 Å². The highest BCUT2D eigenvalue weighted by Gasteiger charge is 2.15. The third-order valence-electron chi connectivity index (χ3n) is 3.27. The van der Waals surface area contributed by atoms with Crippen LogP contribution in [-0.2, 0) is 0 Å². The fraction of sp³-hybridized carbons (Fsp3) is 0. The van der Waals surface area contributed by atoms with Gasteiger partial charge in [0, 0.05) is 11.3 Å². The van der Waals surface area contributed by atoms with Gasteiger partial charge in [0.1, 0.15) is 5.82 Å². The van der Waals surface area contributed by atoms with Gasteiger partial charge in [0.15, 0.2) is 5.82 Å². The molecule has 0 bridgehead atoms. The van der Waals surface area contributed by atoms with Crippen molar-refractivity contribution in [2.24, 2.45) is 5.84 Å². The molecule has 3 N–H and O–H groups in total. The number of pyridine rings is 1. The smallest absolute Gasteiger partial charge is 0.273 e. The Balaban J connectivity index is 1.80. The predicted molar refractivity (Wildman–Crippen MR) is 91.4 cm³/mol. The Morgan fingerprint density at radius 1 is 0.870 bits per heavy atom. The minimum absolute atomic E-state index is 0.310. The molecule has 1 amide bonds. The van der Waals surface area contributed by atoms with Crippen LogP contribution >= 0.6 is 0 Å². The van der Waals surface area contributed by atoms with Crippen molar-refractivity contribution in [2.75, 3.05) is 10.3 Å². The van der Waals surface area contributed by atoms with Crippen molar-refractivity contribution >= 4 is 23.2 Å². The fourth-order valence-electron chi connectivity index (χ4n) is 2.12. The number of nitrogens with zero attached hydrogens (tertiary/aromatic N) is 2. The highest BCUT2D eigenvalue weighted by molar-refractivity contribution is 6.04. The highest BCUT2D eigenvalue weighted by atomic mass is 16.2. The minimum atomic E-state index is -0.310. The van der Waals surface area contributed by atoms with Crippen LogP contribution in [-0.4, -0.2) is 10.9 Å². The molecule has 0 aliphatic rings. The molecule has 5 heteroatoms. The monoisotopic (exact) mass is 304 g/mol. The molecule has 23 heavy (non-hydrogen) atoms. The zero-order chi connectivity index (χ0) is 16.1. The summed E-state index contributed by atoms with van der Waals surface area (Å²) in [5, 5.41) is 4.22. The van der Waals surface area contributed by atoms with E-state index in [2.05, 4.69) is 10.3 Å². The predicted octanol–water partition coefficient (Wildman–Crippen LogP) is 3.35. The molecule has 1 heterocycles. The van der Waals surface area contributed by atoms with E-state index in [1.807, 2.05) is 42.5 Å². The first-order chi connectivity index (χ1) is 11.2. The van der Waals surface area contributed by atoms with Crippen LogP contribution in [0.3, 0.4) is 0 Å². The van der Waals surface area contributed by atoms with Gasteiger partial charge in [-0.1, -0.05) is 42.5 Å². The largest absolute Gasteiger partial charge is 0.340 e. The number of amides is 1. The zero-order valence-electron chi connectivity index (χ0n) is 12.4. The van der Waals surface area contributed by atoms with E-state index in [-0.39, 0.29) is 5.91 Å². The first-order valence-electron chi connectivity index (χ1n) is 7.17. The molecule has 0 spiro atoms. The van der Waals surface area contributed by atoms with Gasteiger partial charge in [0.2, 0.25) is 0 Å². The number of hydrazine groups is 1. The minimum Gasteiger partial charge on any atom is -0.340 e. The molecule has 5 nitrogen and oxygen atoms in total. The summed E-state index contributed by atoms with van der Waals surface area (Å²) < 4.78 is 0. The molecule has 0 unspecified atom stereocenters. The lowest BCUT2D eigenvalue weighted by molar-refractivity contribution is 0.0986. The summed E-state index contributed by atoms with van der Waals surface area (Å²) in [7, 11) is 0. The number of nitrogens with one attached hydrogen (secondary N) is 1. The van der Waals surface area contributed by atoms with E-state index in [1.54, 1.807) is 36.4 Å². The quantitative estimate of drug-likeness (QED) is 0.440. The van der Waals surface area contributed by atoms with Gasteiger partial charge >= 0.3 is 0 Å². The number of anilines is 3. The Labute approximate surface area is 134 Å². The van der Waals surface area contributed by atoms with E-state index in [4.69, 9.17) is 5.84 Å². The van der Waals surface area contributed by atoms with Crippen LogP contribution in [0.1, 0.15) is 10.4 Å². The molecule has 0 saturated carbocycles. The van der Waals surface area contributed by atoms with E-state index in [0.717, 1.165) is 10.7 Å². The van der Waals surface area contributed by atoms with Crippen LogP contribution in [0.25, 0.3) is 0 Å². The Morgan fingerprint density at radius 2 is 1.52 bits per heavy atom. The third-order valence-corrected chi connectivity index (χ3v) is 3.27. The van der Waals surface area contributed by atoms with Gasteiger partial charge in [-0.2, -0.15) is 0 Å². The van der Waals surface area contributed by atoms with Gasteiger partial charge in [0.25, 0.3) is 5.91 Å². The second-order valence-corrected chi connectivity index (χ2v) is 4.91. The first-order valence-corrected chi connectivity index (χ1v) is 7.17. The molecule has 0 aliphatic heterocycles. The molecular formula is C18H16N4O. The van der Waals surface area contributed by atoms with E-state index in [1.165, 1.54) is 0 Å². The number of carbonyl (C=O) groups excluding carboxylic acids is 1. The third kappa shape index (κ3) is 3.53. The van der Waals surface area contributed by atoms with Crippen molar-refractivity contribution in [3.8, 4) is 0 Å². The maximum atomic E-state index is 12.4. The van der Waals surface area contributed by atoms with Gasteiger partial charge in [-0.05, 0) is 36.4 Å². The van der Waals surface area contributed by atoms with Crippen molar-refractivity contribution in [1.29, 1.82) is 0 Å². The number of nitrogens with two attached hydrogens (primary N) is 1. The number of benzene rings is 2. The summed E-state index contributed by atoms with van der Waals surface area (Å²) in [4.78, 5) is 16.7. The van der Waals surface area contributed by atoms with E-state index >= 15 is 0 Å². The van der Waals surface area contributed by atoms with Crippen molar-refractivity contribution in [2.45, 2.75) is 0 Å². The summed E-state index contributed by atoms with van der Waals surface area (Å²) in [6, 6.07) is 23.8. The lowest BCUT2D eigenvalue weighted by Gasteiger charge is -2.16. The van der Waals surface area contributed by atoms with Crippen molar-refractivity contribution < 1.29 is 4.79 Å². The van der Waals surface area contributed by atoms with E-state index in [0.29, 0.717) is 17.2 Å². The lowest BCUT2D eigenvalue weighted by atomic mass is 10.2. The molecule has 0 radical (unpaired) electrons. The van der Waals surface area contributed by atoms with Crippen LogP contribution in [0.5, 0.6) is 0 Å². The van der Waals surface area contributed by atoms with Gasteiger partial charge in [0.05, 0.1) is 0 Å². The van der Waals surface area contributed by atoms with Crippen LogP contribution in [0.4, 0.5) is 17.3 Å². The fourth-order valence-corrected chi connectivity index (χ4v) is 2.12.